The van der Waals surface area contributed by atoms with Crippen LogP contribution in [0.4, 0.5) is 25.7 Å². The molecule has 2 aliphatic heterocycles. The van der Waals surface area contributed by atoms with Crippen LogP contribution >= 0.6 is 11.3 Å². The van der Waals surface area contributed by atoms with Gasteiger partial charge in [-0.25, -0.2) is 14.2 Å². The number of carbonyl (C=O) groups excluding carboxylic acids is 1. The second-order valence-corrected chi connectivity index (χ2v) is 9.83. The Hall–Kier alpha value is -3.11. The molecule has 2 N–H and O–H groups in total. The molecule has 2 saturated heterocycles. The molecule has 2 aromatic carbocycles. The predicted molar refractivity (Wildman–Crippen MR) is 137 cm³/mol. The van der Waals surface area contributed by atoms with Crippen molar-refractivity contribution >= 4 is 44.1 Å². The maximum absolute atomic E-state index is 13.1. The van der Waals surface area contributed by atoms with Gasteiger partial charge in [-0.1, -0.05) is 11.3 Å². The van der Waals surface area contributed by atoms with Crippen LogP contribution < -0.4 is 20.3 Å². The smallest absolute Gasteiger partial charge is 0.323 e. The molecule has 0 atom stereocenters. The highest BCUT2D eigenvalue weighted by atomic mass is 32.1. The molecule has 0 saturated carbocycles. The second-order valence-electron chi connectivity index (χ2n) is 8.83. The van der Waals surface area contributed by atoms with Crippen LogP contribution in [0.1, 0.15) is 12.8 Å². The van der Waals surface area contributed by atoms with Gasteiger partial charge in [-0.05, 0) is 55.2 Å². The normalized spacial score (nSPS) is 17.0. The SMILES string of the molecule is COc1ccc(N2CCOCC2)c2sc(NC(=O)N3CCC(CNc4ccc(F)cc4)CC3)nc12. The maximum Gasteiger partial charge on any atom is 0.323 e. The van der Waals surface area contributed by atoms with Gasteiger partial charge in [0.2, 0.25) is 0 Å². The molecule has 35 heavy (non-hydrogen) atoms. The summed E-state index contributed by atoms with van der Waals surface area (Å²) in [5, 5.41) is 6.94. The molecule has 3 heterocycles. The Morgan fingerprint density at radius 1 is 1.14 bits per heavy atom. The number of amides is 2. The molecule has 2 aliphatic rings. The number of thiazole rings is 1. The van der Waals surface area contributed by atoms with Crippen LogP contribution in [0.3, 0.4) is 0 Å². The quantitative estimate of drug-likeness (QED) is 0.515. The maximum atomic E-state index is 13.1. The molecule has 0 aliphatic carbocycles. The van der Waals surface area contributed by atoms with E-state index in [1.807, 2.05) is 11.0 Å². The molecule has 0 bridgehead atoms. The minimum Gasteiger partial charge on any atom is -0.494 e. The summed E-state index contributed by atoms with van der Waals surface area (Å²) in [6, 6.07) is 10.3. The van der Waals surface area contributed by atoms with Crippen LogP contribution in [-0.2, 0) is 4.74 Å². The lowest BCUT2D eigenvalue weighted by Crippen LogP contribution is -2.42. The van der Waals surface area contributed by atoms with E-state index < -0.39 is 0 Å². The Kier molecular flexibility index (Phi) is 7.19. The lowest BCUT2D eigenvalue weighted by atomic mass is 9.97. The number of methoxy groups -OCH3 is 1. The number of hydrogen-bond donors (Lipinski definition) is 2. The first kappa shape index (κ1) is 23.6. The van der Waals surface area contributed by atoms with E-state index >= 15 is 0 Å². The van der Waals surface area contributed by atoms with E-state index in [9.17, 15) is 9.18 Å². The molecule has 10 heteroatoms. The fraction of sp³-hybridized carbons (Fsp3) is 0.440. The van der Waals surface area contributed by atoms with Crippen molar-refractivity contribution in [2.45, 2.75) is 12.8 Å². The van der Waals surface area contributed by atoms with Gasteiger partial charge >= 0.3 is 6.03 Å². The lowest BCUT2D eigenvalue weighted by Gasteiger charge is -2.32. The van der Waals surface area contributed by atoms with Crippen molar-refractivity contribution in [1.82, 2.24) is 9.88 Å². The van der Waals surface area contributed by atoms with Gasteiger partial charge in [0, 0.05) is 38.4 Å². The van der Waals surface area contributed by atoms with Gasteiger partial charge < -0.3 is 24.6 Å². The molecular weight excluding hydrogens is 469 g/mol. The molecular formula is C25H30FN5O3S. The number of nitrogens with one attached hydrogen (secondary N) is 2. The number of anilines is 3. The van der Waals surface area contributed by atoms with Gasteiger partial charge in [-0.3, -0.25) is 5.32 Å². The number of morpholine rings is 1. The zero-order chi connectivity index (χ0) is 24.2. The highest BCUT2D eigenvalue weighted by Gasteiger charge is 2.25. The summed E-state index contributed by atoms with van der Waals surface area (Å²) in [7, 11) is 1.63. The Bertz CT molecular complexity index is 1160. The van der Waals surface area contributed by atoms with E-state index in [0.717, 1.165) is 54.1 Å². The summed E-state index contributed by atoms with van der Waals surface area (Å²) < 4.78 is 25.1. The van der Waals surface area contributed by atoms with E-state index in [1.54, 1.807) is 19.2 Å². The summed E-state index contributed by atoms with van der Waals surface area (Å²) in [5.41, 5.74) is 2.77. The number of hydrogen-bond acceptors (Lipinski definition) is 7. The van der Waals surface area contributed by atoms with Crippen molar-refractivity contribution < 1.29 is 18.7 Å². The molecule has 0 radical (unpaired) electrons. The van der Waals surface area contributed by atoms with Crippen molar-refractivity contribution in [1.29, 1.82) is 0 Å². The van der Waals surface area contributed by atoms with Crippen LogP contribution in [0.2, 0.25) is 0 Å². The summed E-state index contributed by atoms with van der Waals surface area (Å²) in [4.78, 5) is 21.8. The van der Waals surface area contributed by atoms with Gasteiger partial charge in [-0.15, -0.1) is 0 Å². The third kappa shape index (κ3) is 5.43. The van der Waals surface area contributed by atoms with Crippen molar-refractivity contribution in [3.63, 3.8) is 0 Å². The highest BCUT2D eigenvalue weighted by Crippen LogP contribution is 2.39. The van der Waals surface area contributed by atoms with E-state index in [4.69, 9.17) is 14.5 Å². The Morgan fingerprint density at radius 2 is 1.89 bits per heavy atom. The molecule has 0 spiro atoms. The molecule has 2 amide bonds. The molecule has 186 valence electrons. The first-order chi connectivity index (χ1) is 17.1. The monoisotopic (exact) mass is 499 g/mol. The average molecular weight is 500 g/mol. The number of benzene rings is 2. The Labute approximate surface area is 208 Å². The summed E-state index contributed by atoms with van der Waals surface area (Å²) in [6.07, 6.45) is 1.83. The molecule has 8 nitrogen and oxygen atoms in total. The first-order valence-corrected chi connectivity index (χ1v) is 12.8. The van der Waals surface area contributed by atoms with E-state index in [1.165, 1.54) is 23.5 Å². The zero-order valence-electron chi connectivity index (χ0n) is 19.8. The molecule has 2 fully saturated rings. The number of carbonyl (C=O) groups is 1. The van der Waals surface area contributed by atoms with Crippen LogP contribution in [-0.4, -0.2) is 69.0 Å². The van der Waals surface area contributed by atoms with Crippen molar-refractivity contribution in [2.24, 2.45) is 5.92 Å². The topological polar surface area (TPSA) is 79.0 Å². The Morgan fingerprint density at radius 3 is 2.60 bits per heavy atom. The number of halogens is 1. The van der Waals surface area contributed by atoms with Gasteiger partial charge in [0.05, 0.1) is 30.7 Å². The van der Waals surface area contributed by atoms with E-state index in [0.29, 0.717) is 43.1 Å². The van der Waals surface area contributed by atoms with E-state index in [-0.39, 0.29) is 11.8 Å². The van der Waals surface area contributed by atoms with Crippen LogP contribution in [0.5, 0.6) is 5.75 Å². The number of piperidine rings is 1. The first-order valence-electron chi connectivity index (χ1n) is 12.0. The van der Waals surface area contributed by atoms with Gasteiger partial charge in [0.1, 0.15) is 17.1 Å². The number of aromatic nitrogens is 1. The third-order valence-electron chi connectivity index (χ3n) is 6.61. The average Bonchev–Trinajstić information content (AvgIpc) is 3.32. The summed E-state index contributed by atoms with van der Waals surface area (Å²) in [5.74, 6) is 0.925. The fourth-order valence-electron chi connectivity index (χ4n) is 4.58. The second kappa shape index (κ2) is 10.7. The Balaban J connectivity index is 1.20. The molecule has 1 aromatic heterocycles. The third-order valence-corrected chi connectivity index (χ3v) is 7.61. The van der Waals surface area contributed by atoms with Crippen molar-refractivity contribution in [3.8, 4) is 5.75 Å². The molecule has 5 rings (SSSR count). The predicted octanol–water partition coefficient (Wildman–Crippen LogP) is 4.64. The summed E-state index contributed by atoms with van der Waals surface area (Å²) >= 11 is 1.48. The summed E-state index contributed by atoms with van der Waals surface area (Å²) in [6.45, 7) is 5.24. The fourth-order valence-corrected chi connectivity index (χ4v) is 5.60. The van der Waals surface area contributed by atoms with Crippen LogP contribution in [0.15, 0.2) is 36.4 Å². The van der Waals surface area contributed by atoms with Gasteiger partial charge in [0.25, 0.3) is 0 Å². The standard InChI is InChI=1S/C25H30FN5O3S/c1-33-21-7-6-20(30-12-14-34-15-13-30)23-22(21)28-24(35-23)29-25(32)31-10-8-17(9-11-31)16-27-19-4-2-18(26)3-5-19/h2-7,17,27H,8-16H2,1H3,(H,28,29,32). The lowest BCUT2D eigenvalue weighted by molar-refractivity contribution is 0.123. The van der Waals surface area contributed by atoms with Gasteiger partial charge in [-0.2, -0.15) is 0 Å². The minimum atomic E-state index is -0.237. The van der Waals surface area contributed by atoms with Crippen molar-refractivity contribution in [3.05, 3.63) is 42.2 Å². The zero-order valence-corrected chi connectivity index (χ0v) is 20.6. The number of fused-ring (bicyclic) bond motifs is 1. The van der Waals surface area contributed by atoms with Crippen molar-refractivity contribution in [2.75, 3.05) is 68.6 Å². The van der Waals surface area contributed by atoms with Crippen LogP contribution in [0, 0.1) is 11.7 Å². The van der Waals surface area contributed by atoms with Gasteiger partial charge in [0.15, 0.2) is 5.13 Å². The molecule has 3 aromatic rings. The van der Waals surface area contributed by atoms with E-state index in [2.05, 4.69) is 21.6 Å². The largest absolute Gasteiger partial charge is 0.494 e. The number of urea groups is 1. The highest BCUT2D eigenvalue weighted by molar-refractivity contribution is 7.23. The minimum absolute atomic E-state index is 0.124. The molecule has 0 unspecified atom stereocenters. The van der Waals surface area contributed by atoms with Crippen LogP contribution in [0.25, 0.3) is 10.2 Å². The number of rotatable bonds is 6. The number of likely N-dealkylation sites (tertiary alicyclic amines) is 1. The number of ether oxygens (including phenoxy) is 2. The number of nitrogens with zero attached hydrogens (tertiary/aromatic N) is 3.